The molecule has 112 valence electrons. The molecule has 21 heavy (non-hydrogen) atoms. The van der Waals surface area contributed by atoms with E-state index in [0.717, 1.165) is 31.7 Å². The molecule has 2 amide bonds. The van der Waals surface area contributed by atoms with E-state index in [0.29, 0.717) is 12.1 Å². The number of likely N-dealkylation sites (N-methyl/N-ethyl adjacent to an activating group) is 1. The van der Waals surface area contributed by atoms with Gasteiger partial charge >= 0.3 is 0 Å². The Morgan fingerprint density at radius 2 is 1.62 bits per heavy atom. The Hall–Kier alpha value is -1.72. The largest absolute Gasteiger partial charge is 0.304 e. The number of imide groups is 1. The van der Waals surface area contributed by atoms with Crippen LogP contribution >= 0.6 is 0 Å². The van der Waals surface area contributed by atoms with E-state index in [4.69, 9.17) is 0 Å². The van der Waals surface area contributed by atoms with Crippen molar-refractivity contribution in [2.75, 3.05) is 38.1 Å². The van der Waals surface area contributed by atoms with Crippen molar-refractivity contribution in [3.05, 3.63) is 29.8 Å². The quantitative estimate of drug-likeness (QED) is 0.757. The summed E-state index contributed by atoms with van der Waals surface area (Å²) in [5.74, 6) is -0.166. The number of aryl methyl sites for hydroxylation is 1. The minimum Gasteiger partial charge on any atom is -0.304 e. The van der Waals surface area contributed by atoms with Gasteiger partial charge in [0.15, 0.2) is 0 Å². The van der Waals surface area contributed by atoms with Crippen molar-refractivity contribution in [2.24, 2.45) is 0 Å². The second kappa shape index (κ2) is 5.58. The first-order valence-corrected chi connectivity index (χ1v) is 7.42. The smallest absolute Gasteiger partial charge is 0.251 e. The lowest BCUT2D eigenvalue weighted by Gasteiger charge is -2.35. The summed E-state index contributed by atoms with van der Waals surface area (Å²) < 4.78 is 0. The predicted octanol–water partition coefficient (Wildman–Crippen LogP) is 0.874. The number of hydrogen-bond acceptors (Lipinski definition) is 4. The fourth-order valence-electron chi connectivity index (χ4n) is 3.00. The van der Waals surface area contributed by atoms with Crippen LogP contribution in [0.5, 0.6) is 0 Å². The van der Waals surface area contributed by atoms with Crippen LogP contribution < -0.4 is 4.90 Å². The lowest BCUT2D eigenvalue weighted by atomic mass is 10.2. The lowest BCUT2D eigenvalue weighted by Crippen LogP contribution is -2.51. The van der Waals surface area contributed by atoms with Gasteiger partial charge < -0.3 is 4.90 Å². The van der Waals surface area contributed by atoms with Gasteiger partial charge in [-0.15, -0.1) is 0 Å². The number of benzene rings is 1. The zero-order valence-corrected chi connectivity index (χ0v) is 12.6. The fourth-order valence-corrected chi connectivity index (χ4v) is 3.00. The van der Waals surface area contributed by atoms with E-state index in [1.54, 1.807) is 0 Å². The average molecular weight is 287 g/mol. The number of amides is 2. The van der Waals surface area contributed by atoms with Crippen LogP contribution in [0.4, 0.5) is 5.69 Å². The highest BCUT2D eigenvalue weighted by Crippen LogP contribution is 2.26. The molecule has 2 aliphatic heterocycles. The van der Waals surface area contributed by atoms with Gasteiger partial charge in [0.2, 0.25) is 5.91 Å². The zero-order valence-electron chi connectivity index (χ0n) is 12.6. The van der Waals surface area contributed by atoms with E-state index in [2.05, 4.69) is 16.8 Å². The minimum absolute atomic E-state index is 0.0755. The van der Waals surface area contributed by atoms with Crippen LogP contribution in [0.3, 0.4) is 0 Å². The number of piperazine rings is 1. The van der Waals surface area contributed by atoms with E-state index in [1.165, 1.54) is 4.90 Å². The maximum Gasteiger partial charge on any atom is 0.251 e. The van der Waals surface area contributed by atoms with Crippen molar-refractivity contribution in [3.63, 3.8) is 0 Å². The number of hydrogen-bond donors (Lipinski definition) is 0. The molecule has 5 heteroatoms. The second-order valence-electron chi connectivity index (χ2n) is 5.96. The molecule has 0 radical (unpaired) electrons. The fraction of sp³-hybridized carbons (Fsp3) is 0.500. The molecule has 2 saturated heterocycles. The summed E-state index contributed by atoms with van der Waals surface area (Å²) in [4.78, 5) is 30.6. The molecule has 0 N–H and O–H groups in total. The molecular weight excluding hydrogens is 266 g/mol. The molecule has 2 heterocycles. The Morgan fingerprint density at radius 3 is 2.24 bits per heavy atom. The monoisotopic (exact) mass is 287 g/mol. The molecule has 3 rings (SSSR count). The normalized spacial score (nSPS) is 24.9. The molecular formula is C16H21N3O2. The highest BCUT2D eigenvalue weighted by Gasteiger charge is 2.43. The molecule has 0 aliphatic carbocycles. The molecule has 0 bridgehead atoms. The van der Waals surface area contributed by atoms with Crippen LogP contribution in [-0.2, 0) is 9.59 Å². The standard InChI is InChI=1S/C16H21N3O2/c1-12-3-5-13(6-4-12)19-15(20)11-14(16(19)21)18-9-7-17(2)8-10-18/h3-6,14H,7-11H2,1-2H3. The molecule has 1 aromatic rings. The van der Waals surface area contributed by atoms with Gasteiger partial charge in [0, 0.05) is 26.2 Å². The van der Waals surface area contributed by atoms with Crippen LogP contribution in [0.25, 0.3) is 0 Å². The Balaban J connectivity index is 1.77. The minimum atomic E-state index is -0.285. The van der Waals surface area contributed by atoms with Crippen LogP contribution in [0, 0.1) is 6.92 Å². The molecule has 1 atom stereocenters. The highest BCUT2D eigenvalue weighted by molar-refractivity contribution is 6.22. The maximum absolute atomic E-state index is 12.6. The van der Waals surface area contributed by atoms with Gasteiger partial charge in [-0.1, -0.05) is 17.7 Å². The lowest BCUT2D eigenvalue weighted by molar-refractivity contribution is -0.123. The summed E-state index contributed by atoms with van der Waals surface area (Å²) in [6, 6.07) is 7.26. The third-order valence-electron chi connectivity index (χ3n) is 4.39. The molecule has 0 aromatic heterocycles. The van der Waals surface area contributed by atoms with Crippen molar-refractivity contribution in [1.82, 2.24) is 9.80 Å². The molecule has 2 aliphatic rings. The molecule has 0 saturated carbocycles. The SMILES string of the molecule is Cc1ccc(N2C(=O)CC(N3CCN(C)CC3)C2=O)cc1. The molecule has 0 spiro atoms. The summed E-state index contributed by atoms with van der Waals surface area (Å²) in [7, 11) is 2.08. The summed E-state index contributed by atoms with van der Waals surface area (Å²) in [5, 5.41) is 0. The van der Waals surface area contributed by atoms with Crippen molar-refractivity contribution in [2.45, 2.75) is 19.4 Å². The zero-order chi connectivity index (χ0) is 15.0. The summed E-state index contributed by atoms with van der Waals surface area (Å²) in [6.45, 7) is 5.58. The Bertz CT molecular complexity index is 547. The summed E-state index contributed by atoms with van der Waals surface area (Å²) in [6.07, 6.45) is 0.302. The van der Waals surface area contributed by atoms with Gasteiger partial charge in [-0.2, -0.15) is 0 Å². The number of nitrogens with zero attached hydrogens (tertiary/aromatic N) is 3. The molecule has 1 unspecified atom stereocenters. The van der Waals surface area contributed by atoms with Crippen LogP contribution in [0.15, 0.2) is 24.3 Å². The first kappa shape index (κ1) is 14.2. The van der Waals surface area contributed by atoms with Crippen molar-refractivity contribution >= 4 is 17.5 Å². The van der Waals surface area contributed by atoms with Crippen molar-refractivity contribution < 1.29 is 9.59 Å². The van der Waals surface area contributed by atoms with Crippen LogP contribution in [0.1, 0.15) is 12.0 Å². The van der Waals surface area contributed by atoms with E-state index >= 15 is 0 Å². The van der Waals surface area contributed by atoms with Crippen LogP contribution in [0.2, 0.25) is 0 Å². The Labute approximate surface area is 125 Å². The van der Waals surface area contributed by atoms with Gasteiger partial charge in [-0.25, -0.2) is 4.90 Å². The Morgan fingerprint density at radius 1 is 1.00 bits per heavy atom. The number of carbonyl (C=O) groups excluding carboxylic acids is 2. The van der Waals surface area contributed by atoms with Gasteiger partial charge in [0.1, 0.15) is 0 Å². The number of anilines is 1. The molecule has 1 aromatic carbocycles. The van der Waals surface area contributed by atoms with E-state index in [-0.39, 0.29) is 17.9 Å². The molecule has 5 nitrogen and oxygen atoms in total. The average Bonchev–Trinajstić information content (AvgIpc) is 2.76. The number of carbonyl (C=O) groups is 2. The predicted molar refractivity (Wildman–Crippen MR) is 81.1 cm³/mol. The first-order chi connectivity index (χ1) is 10.1. The van der Waals surface area contributed by atoms with Gasteiger partial charge in [-0.05, 0) is 26.1 Å². The second-order valence-corrected chi connectivity index (χ2v) is 5.96. The van der Waals surface area contributed by atoms with Gasteiger partial charge in [0.25, 0.3) is 5.91 Å². The van der Waals surface area contributed by atoms with Gasteiger partial charge in [-0.3, -0.25) is 14.5 Å². The first-order valence-electron chi connectivity index (χ1n) is 7.42. The molecule has 2 fully saturated rings. The summed E-state index contributed by atoms with van der Waals surface area (Å²) in [5.41, 5.74) is 1.81. The topological polar surface area (TPSA) is 43.9 Å². The van der Waals surface area contributed by atoms with E-state index in [9.17, 15) is 9.59 Å². The third kappa shape index (κ3) is 2.71. The van der Waals surface area contributed by atoms with Crippen molar-refractivity contribution in [1.29, 1.82) is 0 Å². The van der Waals surface area contributed by atoms with Gasteiger partial charge in [0.05, 0.1) is 18.2 Å². The van der Waals surface area contributed by atoms with Crippen molar-refractivity contribution in [3.8, 4) is 0 Å². The van der Waals surface area contributed by atoms with Crippen LogP contribution in [-0.4, -0.2) is 60.9 Å². The maximum atomic E-state index is 12.6. The summed E-state index contributed by atoms with van der Waals surface area (Å²) >= 11 is 0. The Kier molecular flexibility index (Phi) is 3.78. The highest BCUT2D eigenvalue weighted by atomic mass is 16.2. The van der Waals surface area contributed by atoms with E-state index < -0.39 is 0 Å². The third-order valence-corrected chi connectivity index (χ3v) is 4.39. The van der Waals surface area contributed by atoms with E-state index in [1.807, 2.05) is 31.2 Å². The number of rotatable bonds is 2.